The summed E-state index contributed by atoms with van der Waals surface area (Å²) in [4.78, 5) is 12.4. The van der Waals surface area contributed by atoms with Gasteiger partial charge in [-0.3, -0.25) is 4.79 Å². The van der Waals surface area contributed by atoms with Gasteiger partial charge >= 0.3 is 0 Å². The van der Waals surface area contributed by atoms with Crippen LogP contribution in [0.15, 0.2) is 61.2 Å². The highest BCUT2D eigenvalue weighted by Crippen LogP contribution is 2.26. The predicted molar refractivity (Wildman–Crippen MR) is 104 cm³/mol. The molecule has 0 atom stereocenters. The van der Waals surface area contributed by atoms with Gasteiger partial charge in [0.25, 0.3) is 0 Å². The Morgan fingerprint density at radius 1 is 0.962 bits per heavy atom. The Balaban J connectivity index is 2.15. The van der Waals surface area contributed by atoms with E-state index >= 15 is 0 Å². The van der Waals surface area contributed by atoms with Gasteiger partial charge in [0.05, 0.1) is 13.2 Å². The van der Waals surface area contributed by atoms with Gasteiger partial charge < -0.3 is 14.2 Å². The first-order valence-corrected chi connectivity index (χ1v) is 8.63. The molecule has 0 aliphatic heterocycles. The summed E-state index contributed by atoms with van der Waals surface area (Å²) in [6.07, 6.45) is 4.96. The molecule has 0 aliphatic carbocycles. The highest BCUT2D eigenvalue weighted by molar-refractivity contribution is 6.07. The summed E-state index contributed by atoms with van der Waals surface area (Å²) >= 11 is 0. The molecule has 0 saturated carbocycles. The van der Waals surface area contributed by atoms with Gasteiger partial charge in [0, 0.05) is 11.1 Å². The Morgan fingerprint density at radius 3 is 2.31 bits per heavy atom. The molecule has 2 aromatic carbocycles. The minimum atomic E-state index is -0.0930. The number of carbonyl (C=O) groups is 1. The summed E-state index contributed by atoms with van der Waals surface area (Å²) in [5.74, 6) is 2.07. The summed E-state index contributed by atoms with van der Waals surface area (Å²) < 4.78 is 16.6. The molecule has 26 heavy (non-hydrogen) atoms. The van der Waals surface area contributed by atoms with Crippen molar-refractivity contribution in [3.05, 3.63) is 72.3 Å². The largest absolute Gasteiger partial charge is 0.494 e. The third-order valence-electron chi connectivity index (χ3n) is 3.51. The maximum absolute atomic E-state index is 12.4. The average molecular weight is 352 g/mol. The smallest absolute Gasteiger partial charge is 0.185 e. The highest BCUT2D eigenvalue weighted by atomic mass is 16.5. The van der Waals surface area contributed by atoms with E-state index in [0.717, 1.165) is 11.3 Å². The fourth-order valence-corrected chi connectivity index (χ4v) is 2.33. The molecule has 0 spiro atoms. The van der Waals surface area contributed by atoms with Crippen LogP contribution in [0.1, 0.15) is 29.8 Å². The molecular formula is C22H24O4. The zero-order chi connectivity index (χ0) is 18.8. The molecule has 0 heterocycles. The number of carbonyl (C=O) groups excluding carboxylic acids is 1. The van der Waals surface area contributed by atoms with E-state index in [2.05, 4.69) is 6.58 Å². The summed E-state index contributed by atoms with van der Waals surface area (Å²) in [5.41, 5.74) is 1.39. The van der Waals surface area contributed by atoms with Crippen LogP contribution < -0.4 is 14.2 Å². The second kappa shape index (κ2) is 10.1. The number of ether oxygens (including phenoxy) is 3. The van der Waals surface area contributed by atoms with Crippen molar-refractivity contribution in [2.24, 2.45) is 0 Å². The van der Waals surface area contributed by atoms with Crippen LogP contribution in [0.5, 0.6) is 17.2 Å². The Bertz CT molecular complexity index is 760. The molecule has 4 nitrogen and oxygen atoms in total. The standard InChI is InChI=1S/C22H24O4/c1-4-15-26-19-10-7-17(8-11-19)21(23)13-9-18-16-20(24-5-2)12-14-22(18)25-6-3/h4,7-14,16H,1,5-6,15H2,2-3H3. The Morgan fingerprint density at radius 2 is 1.65 bits per heavy atom. The minimum Gasteiger partial charge on any atom is -0.494 e. The SMILES string of the molecule is C=CCOc1ccc(C(=O)C=Cc2cc(OCC)ccc2OCC)cc1. The van der Waals surface area contributed by atoms with Crippen molar-refractivity contribution < 1.29 is 19.0 Å². The van der Waals surface area contributed by atoms with Crippen LogP contribution in [0, 0.1) is 0 Å². The van der Waals surface area contributed by atoms with Gasteiger partial charge in [-0.15, -0.1) is 0 Å². The Kier molecular flexibility index (Phi) is 7.49. The predicted octanol–water partition coefficient (Wildman–Crippen LogP) is 4.94. The molecule has 0 aliphatic rings. The van der Waals surface area contributed by atoms with E-state index in [1.807, 2.05) is 32.0 Å². The zero-order valence-corrected chi connectivity index (χ0v) is 15.2. The first-order chi connectivity index (χ1) is 12.7. The fraction of sp³-hybridized carbons (Fsp3) is 0.227. The molecule has 0 fully saturated rings. The van der Waals surface area contributed by atoms with Crippen LogP contribution in [0.4, 0.5) is 0 Å². The molecule has 2 aromatic rings. The molecule has 0 radical (unpaired) electrons. The van der Waals surface area contributed by atoms with Crippen molar-refractivity contribution in [1.29, 1.82) is 0 Å². The van der Waals surface area contributed by atoms with Gasteiger partial charge in [-0.05, 0) is 68.5 Å². The first kappa shape index (κ1) is 19.3. The molecule has 0 bridgehead atoms. The monoisotopic (exact) mass is 352 g/mol. The van der Waals surface area contributed by atoms with Gasteiger partial charge in [0.15, 0.2) is 5.78 Å². The van der Waals surface area contributed by atoms with Crippen LogP contribution in [-0.4, -0.2) is 25.6 Å². The lowest BCUT2D eigenvalue weighted by atomic mass is 10.1. The van der Waals surface area contributed by atoms with Crippen LogP contribution in [-0.2, 0) is 0 Å². The summed E-state index contributed by atoms with van der Waals surface area (Å²) in [6.45, 7) is 9.02. The van der Waals surface area contributed by atoms with Gasteiger partial charge in [0.1, 0.15) is 23.9 Å². The topological polar surface area (TPSA) is 44.8 Å². The van der Waals surface area contributed by atoms with Crippen LogP contribution in [0.2, 0.25) is 0 Å². The van der Waals surface area contributed by atoms with Gasteiger partial charge in [-0.1, -0.05) is 12.7 Å². The van der Waals surface area contributed by atoms with Crippen molar-refractivity contribution in [1.82, 2.24) is 0 Å². The molecule has 0 saturated heterocycles. The second-order valence-corrected chi connectivity index (χ2v) is 5.39. The summed E-state index contributed by atoms with van der Waals surface area (Å²) in [6, 6.07) is 12.6. The number of hydrogen-bond acceptors (Lipinski definition) is 4. The fourth-order valence-electron chi connectivity index (χ4n) is 2.33. The van der Waals surface area contributed by atoms with Crippen molar-refractivity contribution in [3.63, 3.8) is 0 Å². The highest BCUT2D eigenvalue weighted by Gasteiger charge is 2.06. The summed E-state index contributed by atoms with van der Waals surface area (Å²) in [7, 11) is 0. The van der Waals surface area contributed by atoms with E-state index < -0.39 is 0 Å². The number of benzene rings is 2. The number of hydrogen-bond donors (Lipinski definition) is 0. The Labute approximate surface area is 154 Å². The van der Waals surface area contributed by atoms with Crippen LogP contribution in [0.25, 0.3) is 6.08 Å². The zero-order valence-electron chi connectivity index (χ0n) is 15.2. The third-order valence-corrected chi connectivity index (χ3v) is 3.51. The van der Waals surface area contributed by atoms with E-state index in [1.54, 1.807) is 36.4 Å². The minimum absolute atomic E-state index is 0.0930. The second-order valence-electron chi connectivity index (χ2n) is 5.39. The summed E-state index contributed by atoms with van der Waals surface area (Å²) in [5, 5.41) is 0. The van der Waals surface area contributed by atoms with Crippen LogP contribution in [0.3, 0.4) is 0 Å². The van der Waals surface area contributed by atoms with E-state index in [4.69, 9.17) is 14.2 Å². The lowest BCUT2D eigenvalue weighted by Gasteiger charge is -2.10. The maximum Gasteiger partial charge on any atom is 0.185 e. The number of ketones is 1. The average Bonchev–Trinajstić information content (AvgIpc) is 2.67. The van der Waals surface area contributed by atoms with E-state index in [0.29, 0.717) is 36.9 Å². The van der Waals surface area contributed by atoms with Gasteiger partial charge in [-0.25, -0.2) is 0 Å². The lowest BCUT2D eigenvalue weighted by molar-refractivity contribution is 0.104. The van der Waals surface area contributed by atoms with Gasteiger partial charge in [0.2, 0.25) is 0 Å². The first-order valence-electron chi connectivity index (χ1n) is 8.63. The van der Waals surface area contributed by atoms with E-state index in [1.165, 1.54) is 6.08 Å². The molecular weight excluding hydrogens is 328 g/mol. The molecule has 4 heteroatoms. The molecule has 136 valence electrons. The molecule has 0 amide bonds. The Hall–Kier alpha value is -3.01. The lowest BCUT2D eigenvalue weighted by Crippen LogP contribution is -1.98. The quantitative estimate of drug-likeness (QED) is 0.345. The number of rotatable bonds is 10. The molecule has 0 aromatic heterocycles. The van der Waals surface area contributed by atoms with Crippen molar-refractivity contribution >= 4 is 11.9 Å². The van der Waals surface area contributed by atoms with Gasteiger partial charge in [-0.2, -0.15) is 0 Å². The van der Waals surface area contributed by atoms with Crippen LogP contribution >= 0.6 is 0 Å². The molecule has 0 N–H and O–H groups in total. The van der Waals surface area contributed by atoms with E-state index in [9.17, 15) is 4.79 Å². The van der Waals surface area contributed by atoms with E-state index in [-0.39, 0.29) is 5.78 Å². The normalized spacial score (nSPS) is 10.5. The third kappa shape index (κ3) is 5.52. The van der Waals surface area contributed by atoms with Crippen molar-refractivity contribution in [2.75, 3.05) is 19.8 Å². The number of allylic oxidation sites excluding steroid dienone is 1. The van der Waals surface area contributed by atoms with Crippen molar-refractivity contribution in [3.8, 4) is 17.2 Å². The molecule has 2 rings (SSSR count). The molecule has 0 unspecified atom stereocenters. The maximum atomic E-state index is 12.4. The van der Waals surface area contributed by atoms with Crippen molar-refractivity contribution in [2.45, 2.75) is 13.8 Å².